The Labute approximate surface area is 186 Å². The second-order valence-corrected chi connectivity index (χ2v) is 7.20. The fourth-order valence-corrected chi connectivity index (χ4v) is 3.03. The van der Waals surface area contributed by atoms with Crippen LogP contribution in [0.5, 0.6) is 11.5 Å². The minimum atomic E-state index is -0.482. The minimum absolute atomic E-state index is 0.152. The number of hydrogen-bond acceptors (Lipinski definition) is 4. The Kier molecular flexibility index (Phi) is 7.80. The van der Waals surface area contributed by atoms with Crippen molar-refractivity contribution in [2.24, 2.45) is 0 Å². The lowest BCUT2D eigenvalue weighted by Crippen LogP contribution is -2.31. The van der Waals surface area contributed by atoms with E-state index in [1.54, 1.807) is 37.4 Å². The van der Waals surface area contributed by atoms with Gasteiger partial charge in [-0.3, -0.25) is 9.59 Å². The third-order valence-electron chi connectivity index (χ3n) is 4.82. The number of methoxy groups -OCH3 is 1. The van der Waals surface area contributed by atoms with Crippen LogP contribution in [0.3, 0.4) is 0 Å². The van der Waals surface area contributed by atoms with E-state index in [0.29, 0.717) is 23.4 Å². The molecular weight excluding hydrogens is 411 g/mol. The van der Waals surface area contributed by atoms with Gasteiger partial charge < -0.3 is 19.7 Å². The van der Waals surface area contributed by atoms with Crippen molar-refractivity contribution >= 4 is 11.8 Å². The molecule has 0 aliphatic rings. The molecule has 3 rings (SSSR count). The maximum atomic E-state index is 13.8. The van der Waals surface area contributed by atoms with E-state index in [4.69, 9.17) is 9.47 Å². The van der Waals surface area contributed by atoms with Crippen molar-refractivity contribution < 1.29 is 23.5 Å². The number of halogens is 1. The smallest absolute Gasteiger partial charge is 0.260 e. The van der Waals surface area contributed by atoms with Gasteiger partial charge in [0.2, 0.25) is 0 Å². The van der Waals surface area contributed by atoms with Crippen molar-refractivity contribution in [3.8, 4) is 11.5 Å². The van der Waals surface area contributed by atoms with Crippen LogP contribution in [-0.4, -0.2) is 37.5 Å². The van der Waals surface area contributed by atoms with Gasteiger partial charge in [-0.1, -0.05) is 42.5 Å². The molecule has 0 bridgehead atoms. The zero-order valence-corrected chi connectivity index (χ0v) is 18.0. The Bertz CT molecular complexity index is 1070. The molecule has 3 aromatic rings. The highest BCUT2D eigenvalue weighted by molar-refractivity contribution is 5.94. The van der Waals surface area contributed by atoms with Gasteiger partial charge in [-0.2, -0.15) is 0 Å². The molecule has 3 aromatic carbocycles. The van der Waals surface area contributed by atoms with E-state index in [2.05, 4.69) is 5.32 Å². The van der Waals surface area contributed by atoms with Crippen molar-refractivity contribution in [3.05, 3.63) is 95.3 Å². The molecule has 1 N–H and O–H groups in total. The van der Waals surface area contributed by atoms with Gasteiger partial charge in [-0.05, 0) is 41.5 Å². The van der Waals surface area contributed by atoms with Crippen LogP contribution in [0.1, 0.15) is 21.5 Å². The topological polar surface area (TPSA) is 67.9 Å². The van der Waals surface area contributed by atoms with Gasteiger partial charge >= 0.3 is 0 Å². The lowest BCUT2D eigenvalue weighted by atomic mass is 10.2. The fraction of sp³-hybridized carbons (Fsp3) is 0.200. The molecule has 2 amide bonds. The molecule has 166 valence electrons. The molecule has 0 saturated carbocycles. The molecule has 0 saturated heterocycles. The SMILES string of the molecule is COc1ccc(CN(C)C(=O)COc2cccc(C(=O)NCc3ccccc3)c2)cc1F. The first-order chi connectivity index (χ1) is 15.5. The van der Waals surface area contributed by atoms with Crippen LogP contribution in [0.4, 0.5) is 4.39 Å². The van der Waals surface area contributed by atoms with E-state index in [9.17, 15) is 14.0 Å². The standard InChI is InChI=1S/C25H25FN2O4/c1-28(16-19-11-12-23(31-2)22(26)13-19)24(29)17-32-21-10-6-9-20(14-21)25(30)27-15-18-7-4-3-5-8-18/h3-14H,15-17H2,1-2H3,(H,27,30). The van der Waals surface area contributed by atoms with Crippen molar-refractivity contribution in [2.75, 3.05) is 20.8 Å². The molecular formula is C25H25FN2O4. The van der Waals surface area contributed by atoms with Gasteiger partial charge in [-0.25, -0.2) is 4.39 Å². The van der Waals surface area contributed by atoms with Crippen molar-refractivity contribution in [2.45, 2.75) is 13.1 Å². The predicted molar refractivity (Wildman–Crippen MR) is 119 cm³/mol. The lowest BCUT2D eigenvalue weighted by molar-refractivity contribution is -0.132. The Hall–Kier alpha value is -3.87. The van der Waals surface area contributed by atoms with Gasteiger partial charge in [0.05, 0.1) is 7.11 Å². The predicted octanol–water partition coefficient (Wildman–Crippen LogP) is 3.80. The molecule has 0 aliphatic carbocycles. The average Bonchev–Trinajstić information content (AvgIpc) is 2.82. The van der Waals surface area contributed by atoms with E-state index in [0.717, 1.165) is 5.56 Å². The third kappa shape index (κ3) is 6.31. The molecule has 0 aromatic heterocycles. The van der Waals surface area contributed by atoms with Crippen LogP contribution >= 0.6 is 0 Å². The number of hydrogen-bond donors (Lipinski definition) is 1. The monoisotopic (exact) mass is 436 g/mol. The number of nitrogens with one attached hydrogen (secondary N) is 1. The van der Waals surface area contributed by atoms with Crippen molar-refractivity contribution in [3.63, 3.8) is 0 Å². The number of likely N-dealkylation sites (N-methyl/N-ethyl adjacent to an activating group) is 1. The summed E-state index contributed by atoms with van der Waals surface area (Å²) in [7, 11) is 3.01. The van der Waals surface area contributed by atoms with E-state index in [-0.39, 0.29) is 30.7 Å². The van der Waals surface area contributed by atoms with Crippen LogP contribution in [0.25, 0.3) is 0 Å². The largest absolute Gasteiger partial charge is 0.494 e. The summed E-state index contributed by atoms with van der Waals surface area (Å²) >= 11 is 0. The molecule has 0 radical (unpaired) electrons. The zero-order valence-electron chi connectivity index (χ0n) is 18.0. The second kappa shape index (κ2) is 10.9. The fourth-order valence-electron chi connectivity index (χ4n) is 3.03. The molecule has 0 atom stereocenters. The number of ether oxygens (including phenoxy) is 2. The number of carbonyl (C=O) groups excluding carboxylic acids is 2. The normalized spacial score (nSPS) is 10.3. The summed E-state index contributed by atoms with van der Waals surface area (Å²) in [6.07, 6.45) is 0. The summed E-state index contributed by atoms with van der Waals surface area (Å²) in [5.74, 6) is -0.428. The molecule has 0 fully saturated rings. The minimum Gasteiger partial charge on any atom is -0.494 e. The summed E-state index contributed by atoms with van der Waals surface area (Å²) in [5.41, 5.74) is 2.07. The van der Waals surface area contributed by atoms with E-state index in [1.165, 1.54) is 24.1 Å². The van der Waals surface area contributed by atoms with Crippen molar-refractivity contribution in [1.82, 2.24) is 10.2 Å². The van der Waals surface area contributed by atoms with Crippen LogP contribution in [0, 0.1) is 5.82 Å². The quantitative estimate of drug-likeness (QED) is 0.554. The molecule has 6 nitrogen and oxygen atoms in total. The summed E-state index contributed by atoms with van der Waals surface area (Å²) in [5, 5.41) is 2.86. The zero-order chi connectivity index (χ0) is 22.9. The molecule has 0 aliphatic heterocycles. The number of rotatable bonds is 9. The second-order valence-electron chi connectivity index (χ2n) is 7.20. The molecule has 0 unspecified atom stereocenters. The number of benzene rings is 3. The van der Waals surface area contributed by atoms with Gasteiger partial charge in [0.1, 0.15) is 5.75 Å². The average molecular weight is 436 g/mol. The number of amides is 2. The molecule has 0 spiro atoms. The first kappa shape index (κ1) is 22.8. The highest BCUT2D eigenvalue weighted by Gasteiger charge is 2.13. The highest BCUT2D eigenvalue weighted by atomic mass is 19.1. The first-order valence-electron chi connectivity index (χ1n) is 10.1. The Morgan fingerprint density at radius 3 is 2.47 bits per heavy atom. The summed E-state index contributed by atoms with van der Waals surface area (Å²) in [4.78, 5) is 26.3. The van der Waals surface area contributed by atoms with Crippen LogP contribution in [0.2, 0.25) is 0 Å². The first-order valence-corrected chi connectivity index (χ1v) is 10.1. The summed E-state index contributed by atoms with van der Waals surface area (Å²) < 4.78 is 24.3. The van der Waals surface area contributed by atoms with Crippen molar-refractivity contribution in [1.29, 1.82) is 0 Å². The maximum Gasteiger partial charge on any atom is 0.260 e. The Balaban J connectivity index is 1.52. The highest BCUT2D eigenvalue weighted by Crippen LogP contribution is 2.19. The van der Waals surface area contributed by atoms with Crippen LogP contribution < -0.4 is 14.8 Å². The molecule has 32 heavy (non-hydrogen) atoms. The van der Waals surface area contributed by atoms with Gasteiger partial charge in [0.25, 0.3) is 11.8 Å². The lowest BCUT2D eigenvalue weighted by Gasteiger charge is -2.18. The molecule has 7 heteroatoms. The Morgan fingerprint density at radius 2 is 1.75 bits per heavy atom. The van der Waals surface area contributed by atoms with E-state index >= 15 is 0 Å². The maximum absolute atomic E-state index is 13.8. The Morgan fingerprint density at radius 1 is 0.969 bits per heavy atom. The van der Waals surface area contributed by atoms with Gasteiger partial charge in [0.15, 0.2) is 18.2 Å². The summed E-state index contributed by atoms with van der Waals surface area (Å²) in [6, 6.07) is 20.8. The van der Waals surface area contributed by atoms with E-state index < -0.39 is 5.82 Å². The number of carbonyl (C=O) groups is 2. The summed E-state index contributed by atoms with van der Waals surface area (Å²) in [6.45, 7) is 0.440. The van der Waals surface area contributed by atoms with Gasteiger partial charge in [-0.15, -0.1) is 0 Å². The molecule has 0 heterocycles. The van der Waals surface area contributed by atoms with E-state index in [1.807, 2.05) is 30.3 Å². The van der Waals surface area contributed by atoms with Gasteiger partial charge in [0, 0.05) is 25.7 Å². The van der Waals surface area contributed by atoms with Crippen LogP contribution in [0.15, 0.2) is 72.8 Å². The number of nitrogens with zero attached hydrogens (tertiary/aromatic N) is 1. The van der Waals surface area contributed by atoms with Crippen LogP contribution in [-0.2, 0) is 17.9 Å². The third-order valence-corrected chi connectivity index (χ3v) is 4.82.